The Hall–Kier alpha value is -0.420. The highest BCUT2D eigenvalue weighted by atomic mass is 32.1. The van der Waals surface area contributed by atoms with E-state index in [2.05, 4.69) is 21.7 Å². The molecule has 0 spiro atoms. The topological polar surface area (TPSA) is 32.7 Å². The lowest BCUT2D eigenvalue weighted by Gasteiger charge is -2.33. The summed E-state index contributed by atoms with van der Waals surface area (Å²) in [6, 6.07) is 2.25. The second-order valence-electron chi connectivity index (χ2n) is 6.71. The van der Waals surface area contributed by atoms with E-state index in [0.717, 1.165) is 19.6 Å². The predicted molar refractivity (Wildman–Crippen MR) is 84.4 cm³/mol. The van der Waals surface area contributed by atoms with Crippen molar-refractivity contribution in [1.82, 2.24) is 4.90 Å². The van der Waals surface area contributed by atoms with Crippen LogP contribution in [0.25, 0.3) is 0 Å². The summed E-state index contributed by atoms with van der Waals surface area (Å²) in [7, 11) is 0. The van der Waals surface area contributed by atoms with Crippen LogP contribution >= 0.6 is 11.3 Å². The van der Waals surface area contributed by atoms with Crippen LogP contribution in [0, 0.1) is 0 Å². The first-order valence-electron chi connectivity index (χ1n) is 7.50. The molecular formula is C16H27NO2S. The van der Waals surface area contributed by atoms with Gasteiger partial charge < -0.3 is 14.7 Å². The van der Waals surface area contributed by atoms with Crippen LogP contribution in [0.3, 0.4) is 0 Å². The third-order valence-corrected chi connectivity index (χ3v) is 4.48. The van der Waals surface area contributed by atoms with Gasteiger partial charge in [-0.2, -0.15) is 11.3 Å². The molecule has 0 unspecified atom stereocenters. The van der Waals surface area contributed by atoms with Gasteiger partial charge >= 0.3 is 0 Å². The van der Waals surface area contributed by atoms with Crippen molar-refractivity contribution in [1.29, 1.82) is 0 Å². The normalized spacial score (nSPS) is 20.2. The molecule has 1 fully saturated rings. The Bertz CT molecular complexity index is 378. The molecule has 2 heterocycles. The van der Waals surface area contributed by atoms with Crippen molar-refractivity contribution in [3.63, 3.8) is 0 Å². The van der Waals surface area contributed by atoms with E-state index in [1.165, 1.54) is 18.4 Å². The highest BCUT2D eigenvalue weighted by molar-refractivity contribution is 7.07. The molecule has 0 aliphatic carbocycles. The maximum atomic E-state index is 10.0. The summed E-state index contributed by atoms with van der Waals surface area (Å²) in [6.45, 7) is 9.37. The molecular weight excluding hydrogens is 270 g/mol. The molecule has 1 N–H and O–H groups in total. The molecule has 1 atom stereocenters. The molecule has 1 aliphatic heterocycles. The average molecular weight is 297 g/mol. The zero-order valence-electron chi connectivity index (χ0n) is 12.8. The minimum Gasteiger partial charge on any atom is -0.389 e. The van der Waals surface area contributed by atoms with Crippen molar-refractivity contribution in [2.24, 2.45) is 0 Å². The zero-order chi connectivity index (χ0) is 14.6. The first-order valence-corrected chi connectivity index (χ1v) is 8.45. The summed E-state index contributed by atoms with van der Waals surface area (Å²) in [5, 5.41) is 14.5. The van der Waals surface area contributed by atoms with Crippen molar-refractivity contribution >= 4 is 11.3 Å². The van der Waals surface area contributed by atoms with Crippen LogP contribution < -0.4 is 0 Å². The van der Waals surface area contributed by atoms with Gasteiger partial charge in [-0.3, -0.25) is 0 Å². The number of rotatable bonds is 5. The Labute approximate surface area is 126 Å². The van der Waals surface area contributed by atoms with Crippen molar-refractivity contribution in [2.75, 3.05) is 26.2 Å². The predicted octanol–water partition coefficient (Wildman–Crippen LogP) is 3.10. The fourth-order valence-electron chi connectivity index (χ4n) is 2.65. The second kappa shape index (κ2) is 7.03. The highest BCUT2D eigenvalue weighted by Gasteiger charge is 2.23. The number of hydrogen-bond acceptors (Lipinski definition) is 4. The molecule has 1 aliphatic rings. The smallest absolute Gasteiger partial charge is 0.0900 e. The lowest BCUT2D eigenvalue weighted by Crippen LogP contribution is -2.40. The van der Waals surface area contributed by atoms with Crippen LogP contribution in [0.1, 0.15) is 45.1 Å². The van der Waals surface area contributed by atoms with Crippen LogP contribution in [0.15, 0.2) is 16.8 Å². The molecule has 4 heteroatoms. The lowest BCUT2D eigenvalue weighted by atomic mass is 9.91. The van der Waals surface area contributed by atoms with Crippen LogP contribution in [-0.4, -0.2) is 48.0 Å². The van der Waals surface area contributed by atoms with Gasteiger partial charge in [-0.25, -0.2) is 0 Å². The lowest BCUT2D eigenvalue weighted by molar-refractivity contribution is -0.0573. The van der Waals surface area contributed by atoms with E-state index in [9.17, 15) is 5.11 Å². The number of β-amino-alcohol motifs (C(OH)–C–C–N with tert-alkyl or cyclic N) is 1. The molecule has 0 aromatic carbocycles. The fraction of sp³-hybridized carbons (Fsp3) is 0.750. The van der Waals surface area contributed by atoms with Gasteiger partial charge in [0.25, 0.3) is 0 Å². The number of piperidine rings is 1. The first kappa shape index (κ1) is 16.0. The quantitative estimate of drug-likeness (QED) is 0.906. The van der Waals surface area contributed by atoms with Crippen LogP contribution in [0.2, 0.25) is 0 Å². The average Bonchev–Trinajstić information content (AvgIpc) is 2.90. The first-order chi connectivity index (χ1) is 9.44. The summed E-state index contributed by atoms with van der Waals surface area (Å²) in [6.07, 6.45) is 2.01. The van der Waals surface area contributed by atoms with Crippen molar-refractivity contribution in [3.05, 3.63) is 22.4 Å². The number of nitrogens with zero attached hydrogens (tertiary/aromatic N) is 1. The molecule has 0 bridgehead atoms. The molecule has 1 saturated heterocycles. The van der Waals surface area contributed by atoms with Crippen molar-refractivity contribution in [2.45, 2.75) is 51.2 Å². The van der Waals surface area contributed by atoms with E-state index < -0.39 is 0 Å². The standard InChI is InChI=1S/C16H27NO2S/c1-16(2,3)19-11-15(18)10-17-7-4-13(5-8-17)14-6-9-20-12-14/h6,9,12-13,15,18H,4-5,7-8,10-11H2,1-3H3/t15-/m0/s1. The van der Waals surface area contributed by atoms with E-state index in [-0.39, 0.29) is 11.7 Å². The number of hydrogen-bond donors (Lipinski definition) is 1. The zero-order valence-corrected chi connectivity index (χ0v) is 13.7. The number of thiophene rings is 1. The van der Waals surface area contributed by atoms with Gasteiger partial charge in [-0.15, -0.1) is 0 Å². The van der Waals surface area contributed by atoms with Gasteiger partial charge in [-0.1, -0.05) is 0 Å². The van der Waals surface area contributed by atoms with Crippen molar-refractivity contribution < 1.29 is 9.84 Å². The van der Waals surface area contributed by atoms with Crippen LogP contribution in [-0.2, 0) is 4.74 Å². The number of likely N-dealkylation sites (tertiary alicyclic amines) is 1. The molecule has 1 aromatic rings. The highest BCUT2D eigenvalue weighted by Crippen LogP contribution is 2.29. The van der Waals surface area contributed by atoms with E-state index in [0.29, 0.717) is 12.5 Å². The Balaban J connectivity index is 1.69. The molecule has 0 saturated carbocycles. The van der Waals surface area contributed by atoms with E-state index in [4.69, 9.17) is 4.74 Å². The monoisotopic (exact) mass is 297 g/mol. The SMILES string of the molecule is CC(C)(C)OC[C@@H](O)CN1CCC(c2ccsc2)CC1. The number of aliphatic hydroxyl groups is 1. The van der Waals surface area contributed by atoms with Gasteiger partial charge in [0, 0.05) is 6.54 Å². The Morgan fingerprint density at radius 2 is 2.10 bits per heavy atom. The Morgan fingerprint density at radius 3 is 2.65 bits per heavy atom. The molecule has 0 radical (unpaired) electrons. The molecule has 20 heavy (non-hydrogen) atoms. The summed E-state index contributed by atoms with van der Waals surface area (Å²) in [5.74, 6) is 0.709. The maximum Gasteiger partial charge on any atom is 0.0900 e. The minimum absolute atomic E-state index is 0.174. The summed E-state index contributed by atoms with van der Waals surface area (Å²) in [4.78, 5) is 2.36. The van der Waals surface area contributed by atoms with Gasteiger partial charge in [0.2, 0.25) is 0 Å². The fourth-order valence-corrected chi connectivity index (χ4v) is 3.40. The van der Waals surface area contributed by atoms with Gasteiger partial charge in [0.05, 0.1) is 18.3 Å². The summed E-state index contributed by atoms with van der Waals surface area (Å²) in [5.41, 5.74) is 1.32. The number of aliphatic hydroxyl groups excluding tert-OH is 1. The Morgan fingerprint density at radius 1 is 1.40 bits per heavy atom. The largest absolute Gasteiger partial charge is 0.389 e. The van der Waals surface area contributed by atoms with E-state index in [1.807, 2.05) is 20.8 Å². The van der Waals surface area contributed by atoms with Crippen molar-refractivity contribution in [3.8, 4) is 0 Å². The molecule has 114 valence electrons. The minimum atomic E-state index is -0.382. The van der Waals surface area contributed by atoms with E-state index in [1.54, 1.807) is 11.3 Å². The van der Waals surface area contributed by atoms with Crippen LogP contribution in [0.5, 0.6) is 0 Å². The molecule has 0 amide bonds. The number of ether oxygens (including phenoxy) is 1. The van der Waals surface area contributed by atoms with Crippen LogP contribution in [0.4, 0.5) is 0 Å². The van der Waals surface area contributed by atoms with Gasteiger partial charge in [0.15, 0.2) is 0 Å². The summed E-state index contributed by atoms with van der Waals surface area (Å²) < 4.78 is 5.64. The third-order valence-electron chi connectivity index (χ3n) is 3.78. The van der Waals surface area contributed by atoms with E-state index >= 15 is 0 Å². The van der Waals surface area contributed by atoms with Gasteiger partial charge in [-0.05, 0) is 75.0 Å². The van der Waals surface area contributed by atoms with Gasteiger partial charge in [0.1, 0.15) is 0 Å². The molecule has 3 nitrogen and oxygen atoms in total. The Kier molecular flexibility index (Phi) is 5.61. The second-order valence-corrected chi connectivity index (χ2v) is 7.49. The molecule has 2 rings (SSSR count). The third kappa shape index (κ3) is 5.17. The molecule has 1 aromatic heterocycles. The summed E-state index contributed by atoms with van der Waals surface area (Å²) >= 11 is 1.78. The maximum absolute atomic E-state index is 10.0.